The predicted molar refractivity (Wildman–Crippen MR) is 446 cm³/mol. The largest absolute Gasteiger partial charge is 0.470 e. The fourth-order valence-electron chi connectivity index (χ4n) is 8.72. The number of fused-ring (bicyclic) bond motifs is 3. The molecule has 2 amide bonds. The smallest absolute Gasteiger partial charge is 0.261 e. The molecular weight excluding hydrogens is 1300 g/mol. The molecule has 3 aromatic carbocycles. The molecule has 0 aliphatic carbocycles. The van der Waals surface area contributed by atoms with E-state index in [9.17, 15) is 9.59 Å². The molecule has 20 heteroatoms. The summed E-state index contributed by atoms with van der Waals surface area (Å²) in [6.07, 6.45) is 41.2. The second-order valence-corrected chi connectivity index (χ2v) is 24.4. The topological polar surface area (TPSA) is 125 Å². The number of hydrogen-bond acceptors (Lipinski definition) is 16. The fourth-order valence-corrected chi connectivity index (χ4v) is 9.81. The summed E-state index contributed by atoms with van der Waals surface area (Å²) in [7, 11) is 24.0. The SMILES string of the molecule is C.C.C.C.C.C.C.C.CCC.CN1C(=O)c2ccccc2C1=O.CN1C=CC=CO1.CN1C=CCC1.CN1C=COC=C1.CN1C=CON=C1.CN1CC=CC1.CN1CCCC1.CN1CCOCC1.CN1CCSCC1.C[N+]1=Cc2ccccc2C1.Cn1ccc2ccccc21.Cn1cccc1. The molecule has 102 heavy (non-hydrogen) atoms. The monoisotopic (exact) mass is 1440 g/mol. The van der Waals surface area contributed by atoms with Gasteiger partial charge in [-0.05, 0) is 127 Å². The summed E-state index contributed by atoms with van der Waals surface area (Å²) in [5, 5.41) is 6.41. The molecule has 3 saturated heterocycles. The maximum absolute atomic E-state index is 11.3. The van der Waals surface area contributed by atoms with Crippen molar-refractivity contribution in [3.63, 3.8) is 0 Å². The van der Waals surface area contributed by atoms with E-state index in [1.807, 2.05) is 92.9 Å². The van der Waals surface area contributed by atoms with Gasteiger partial charge in [0, 0.05) is 167 Å². The number of aryl methyl sites for hydroxylation is 2. The average molecular weight is 1440 g/mol. The molecule has 578 valence electrons. The summed E-state index contributed by atoms with van der Waals surface area (Å²) in [6.45, 7) is 18.0. The number of carbonyl (C=O) groups excluding carboxylic acids is 2. The Kier molecular flexibility index (Phi) is 66.8. The van der Waals surface area contributed by atoms with Crippen LogP contribution in [-0.2, 0) is 39.8 Å². The number of hydroxylamine groups is 2. The van der Waals surface area contributed by atoms with Crippen LogP contribution in [0.15, 0.2) is 201 Å². The van der Waals surface area contributed by atoms with Crippen molar-refractivity contribution in [2.24, 2.45) is 19.3 Å². The molecule has 15 rings (SSSR count). The van der Waals surface area contributed by atoms with E-state index in [0.717, 1.165) is 50.8 Å². The number of para-hydroxylation sites is 1. The van der Waals surface area contributed by atoms with Gasteiger partial charge in [0.1, 0.15) is 38.4 Å². The minimum Gasteiger partial charge on any atom is -0.470 e. The second-order valence-electron chi connectivity index (χ2n) is 23.2. The first-order valence-corrected chi connectivity index (χ1v) is 33.6. The number of carbonyl (C=O) groups is 2. The summed E-state index contributed by atoms with van der Waals surface area (Å²) in [5.74, 6) is 2.23. The van der Waals surface area contributed by atoms with E-state index in [4.69, 9.17) is 14.3 Å². The molecule has 0 spiro atoms. The minimum atomic E-state index is -0.212. The number of rotatable bonds is 0. The molecule has 0 N–H and O–H groups in total. The van der Waals surface area contributed by atoms with Crippen molar-refractivity contribution in [3.05, 3.63) is 218 Å². The third-order valence-electron chi connectivity index (χ3n) is 14.3. The lowest BCUT2D eigenvalue weighted by molar-refractivity contribution is -0.504. The number of allylic oxidation sites excluding steroid dienone is 2. The van der Waals surface area contributed by atoms with Crippen LogP contribution >= 0.6 is 11.8 Å². The molecule has 0 bridgehead atoms. The molecule has 0 unspecified atom stereocenters. The Morgan fingerprint density at radius 3 is 1.39 bits per heavy atom. The van der Waals surface area contributed by atoms with Crippen LogP contribution in [0.2, 0.25) is 0 Å². The number of amides is 2. The summed E-state index contributed by atoms with van der Waals surface area (Å²) in [4.78, 5) is 48.2. The average Bonchev–Trinajstić information content (AvgIpc) is 1.65. The molecule has 3 fully saturated rings. The molecule has 5 aromatic rings. The number of benzene rings is 3. The summed E-state index contributed by atoms with van der Waals surface area (Å²) in [6, 6.07) is 29.8. The van der Waals surface area contributed by atoms with Crippen LogP contribution in [0.5, 0.6) is 0 Å². The van der Waals surface area contributed by atoms with E-state index in [1.165, 1.54) is 105 Å². The first-order chi connectivity index (χ1) is 45.4. The highest BCUT2D eigenvalue weighted by molar-refractivity contribution is 7.99. The maximum Gasteiger partial charge on any atom is 0.261 e. The number of likely N-dealkylation sites (tertiary alicyclic amines) is 1. The lowest BCUT2D eigenvalue weighted by atomic mass is 10.1. The first kappa shape index (κ1) is 105. The highest BCUT2D eigenvalue weighted by atomic mass is 32.2. The van der Waals surface area contributed by atoms with Gasteiger partial charge in [-0.25, -0.2) is 9.64 Å². The normalized spacial score (nSPS) is 15.9. The molecule has 10 aliphatic heterocycles. The standard InChI is InChI=1S/C9H7NO2.C9H10N.C9H9N.C5H11NO.2C5H7NO.C5H11NS.C5H11N.2C5H9N.C5H7N.C4H6N2O.C3H8.8CH4/c1-10-8(11)6-4-2-3-5-7(6)9(10)12;1-10-6-8-4-2-3-5-9(8)7-10;1-10-7-6-8-4-2-3-5-9(8)10;2*1-6-2-4-7-5-3-6;1-6-4-2-3-5-7-6;1-6-2-4-7-5-3-6;4*1-6-4-2-3-5-6;1-6-2-3-7-5-4-6;1-3-2;;;;;;;;/h2-5H,1H3;2-6H,7H2,1H3;2-7H,1H3;2-5H2,1H3;2*2-5H,1H3;2-5H2,1H3;2-5H2,1H3;2,4H,3,5H2,1H3;2-3H,4-5H2,1H3;2-5H,1H3;2-4H,1H3;3H2,1-2H3;8*1H4/q;+1;;;;;;;;;;;;;;;;;;;. The first-order valence-electron chi connectivity index (χ1n) is 32.5. The molecule has 0 radical (unpaired) electrons. The van der Waals surface area contributed by atoms with E-state index in [0.29, 0.717) is 11.1 Å². The fraction of sp³-hybridized carbons (Fsp3) is 0.488. The minimum absolute atomic E-state index is 0. The van der Waals surface area contributed by atoms with Crippen LogP contribution in [0.25, 0.3) is 10.9 Å². The van der Waals surface area contributed by atoms with E-state index in [1.54, 1.807) is 65.6 Å². The molecule has 12 heterocycles. The third kappa shape index (κ3) is 47.9. The highest BCUT2D eigenvalue weighted by Crippen LogP contribution is 2.20. The number of likely N-dealkylation sites (N-methyl/N-ethyl adjacent to an activating group) is 2. The Labute approximate surface area is 627 Å². The Bertz CT molecular complexity index is 2990. The third-order valence-corrected chi connectivity index (χ3v) is 15.2. The van der Waals surface area contributed by atoms with Crippen molar-refractivity contribution >= 4 is 47.0 Å². The summed E-state index contributed by atoms with van der Waals surface area (Å²) in [5.41, 5.74) is 5.10. The quantitative estimate of drug-likeness (QED) is 0.0829. The van der Waals surface area contributed by atoms with Crippen LogP contribution < -0.4 is 0 Å². The van der Waals surface area contributed by atoms with Crippen molar-refractivity contribution in [3.8, 4) is 0 Å². The Morgan fingerprint density at radius 1 is 0.520 bits per heavy atom. The lowest BCUT2D eigenvalue weighted by Gasteiger charge is -2.21. The number of oxime groups is 1. The number of hydrogen-bond donors (Lipinski definition) is 0. The summed E-state index contributed by atoms with van der Waals surface area (Å²) < 4.78 is 16.2. The van der Waals surface area contributed by atoms with Gasteiger partial charge in [0.2, 0.25) is 0 Å². The highest BCUT2D eigenvalue weighted by Gasteiger charge is 2.31. The van der Waals surface area contributed by atoms with Gasteiger partial charge >= 0.3 is 0 Å². The van der Waals surface area contributed by atoms with Gasteiger partial charge in [0.25, 0.3) is 11.8 Å². The maximum atomic E-state index is 11.3. The van der Waals surface area contributed by atoms with Gasteiger partial charge in [0.05, 0.1) is 24.3 Å². The number of thioether (sulfide) groups is 1. The Hall–Kier alpha value is -8.11. The van der Waals surface area contributed by atoms with Gasteiger partial charge in [-0.3, -0.25) is 19.4 Å². The lowest BCUT2D eigenvalue weighted by Crippen LogP contribution is -2.32. The molecule has 2 aromatic heterocycles. The van der Waals surface area contributed by atoms with Crippen molar-refractivity contribution in [2.45, 2.75) is 105 Å². The van der Waals surface area contributed by atoms with Gasteiger partial charge in [-0.2, -0.15) is 11.8 Å². The van der Waals surface area contributed by atoms with E-state index < -0.39 is 0 Å². The van der Waals surface area contributed by atoms with Crippen molar-refractivity contribution in [2.75, 3.05) is 154 Å². The van der Waals surface area contributed by atoms with Crippen LogP contribution in [0.4, 0.5) is 0 Å². The Morgan fingerprint density at radius 2 is 1.05 bits per heavy atom. The second kappa shape index (κ2) is 65.0. The summed E-state index contributed by atoms with van der Waals surface area (Å²) >= 11 is 2.06. The zero-order chi connectivity index (χ0) is 68.6. The number of imide groups is 1. The van der Waals surface area contributed by atoms with Crippen LogP contribution in [0.1, 0.15) is 131 Å². The van der Waals surface area contributed by atoms with Crippen molar-refractivity contribution in [1.29, 1.82) is 0 Å². The predicted octanol–water partition coefficient (Wildman–Crippen LogP) is 16.7. The zero-order valence-electron chi connectivity index (χ0n) is 59.0. The van der Waals surface area contributed by atoms with E-state index in [-0.39, 0.29) is 71.2 Å². The van der Waals surface area contributed by atoms with Crippen LogP contribution in [0.3, 0.4) is 0 Å². The number of nitrogens with zero attached hydrogens (tertiary/aromatic N) is 13. The number of ether oxygens (including phenoxy) is 2. The van der Waals surface area contributed by atoms with E-state index in [2.05, 4.69) is 210 Å². The molecule has 19 nitrogen and oxygen atoms in total. The van der Waals surface area contributed by atoms with Gasteiger partial charge in [0.15, 0.2) is 12.8 Å². The van der Waals surface area contributed by atoms with Gasteiger partial charge in [-0.1, -0.05) is 152 Å². The van der Waals surface area contributed by atoms with Gasteiger partial charge in [-0.15, -0.1) is 0 Å². The van der Waals surface area contributed by atoms with Crippen LogP contribution in [0, 0.1) is 0 Å². The molecule has 10 aliphatic rings. The zero-order valence-corrected chi connectivity index (χ0v) is 59.8. The Balaban J connectivity index is -0.000000245. The molecular formula is C82H144N13O6S+. The van der Waals surface area contributed by atoms with Crippen molar-refractivity contribution in [1.82, 2.24) is 53.4 Å². The number of aromatic nitrogens is 2. The van der Waals surface area contributed by atoms with Gasteiger partial charge < -0.3 is 57.7 Å². The molecule has 0 saturated carbocycles. The van der Waals surface area contributed by atoms with Crippen molar-refractivity contribution < 1.29 is 33.3 Å². The van der Waals surface area contributed by atoms with Crippen LogP contribution in [-0.4, -0.2) is 236 Å². The number of morpholine rings is 1. The van der Waals surface area contributed by atoms with E-state index >= 15 is 0 Å². The molecule has 0 atom stereocenters.